The van der Waals surface area contributed by atoms with Crippen molar-refractivity contribution < 1.29 is 24.2 Å². The summed E-state index contributed by atoms with van der Waals surface area (Å²) in [5.41, 5.74) is -0.392. The molecule has 5 heteroatoms. The monoisotopic (exact) mass is 214 g/mol. The number of rotatable bonds is 2. The molecule has 0 unspecified atom stereocenters. The molecule has 0 amide bonds. The first-order valence-electron chi connectivity index (χ1n) is 4.76. The lowest BCUT2D eigenvalue weighted by atomic mass is 10.1. The first-order chi connectivity index (χ1) is 6.87. The van der Waals surface area contributed by atoms with E-state index in [2.05, 4.69) is 0 Å². The Morgan fingerprint density at radius 2 is 1.73 bits per heavy atom. The van der Waals surface area contributed by atoms with Gasteiger partial charge in [0.05, 0.1) is 0 Å². The van der Waals surface area contributed by atoms with E-state index in [1.54, 1.807) is 0 Å². The number of carbonyl (C=O) groups excluding carboxylic acids is 2. The molecule has 0 aliphatic carbocycles. The van der Waals surface area contributed by atoms with Gasteiger partial charge in [-0.3, -0.25) is 0 Å². The van der Waals surface area contributed by atoms with Crippen molar-refractivity contribution in [3.05, 3.63) is 11.3 Å². The molecule has 1 aliphatic rings. The van der Waals surface area contributed by atoms with E-state index in [4.69, 9.17) is 9.47 Å². The van der Waals surface area contributed by atoms with Gasteiger partial charge in [0.15, 0.2) is 5.57 Å². The average molecular weight is 214 g/mol. The molecule has 1 saturated heterocycles. The summed E-state index contributed by atoms with van der Waals surface area (Å²) in [6.45, 7) is 4.73. The minimum absolute atomic E-state index is 0.250. The number of esters is 2. The summed E-state index contributed by atoms with van der Waals surface area (Å²) in [6, 6.07) is 0. The van der Waals surface area contributed by atoms with Crippen LogP contribution in [0.15, 0.2) is 11.3 Å². The summed E-state index contributed by atoms with van der Waals surface area (Å²) in [4.78, 5) is 22.8. The van der Waals surface area contributed by atoms with Crippen LogP contribution in [0, 0.1) is 0 Å². The quantitative estimate of drug-likeness (QED) is 0.326. The molecule has 0 radical (unpaired) electrons. The number of hydrogen-bond donors (Lipinski definition) is 1. The predicted molar refractivity (Wildman–Crippen MR) is 50.8 cm³/mol. The second-order valence-corrected chi connectivity index (χ2v) is 3.75. The molecule has 1 rings (SSSR count). The minimum atomic E-state index is -1.26. The molecule has 0 aromatic carbocycles. The van der Waals surface area contributed by atoms with Crippen molar-refractivity contribution in [2.75, 3.05) is 0 Å². The highest BCUT2D eigenvalue weighted by atomic mass is 16.7. The third-order valence-corrected chi connectivity index (χ3v) is 1.86. The Bertz CT molecular complexity index is 305. The Kier molecular flexibility index (Phi) is 3.02. The maximum Gasteiger partial charge on any atom is 0.352 e. The second-order valence-electron chi connectivity index (χ2n) is 3.75. The zero-order valence-electron chi connectivity index (χ0n) is 8.99. The lowest BCUT2D eigenvalue weighted by Crippen LogP contribution is -2.42. The van der Waals surface area contributed by atoms with Crippen LogP contribution >= 0.6 is 0 Å². The molecule has 1 fully saturated rings. The smallest absolute Gasteiger partial charge is 0.352 e. The van der Waals surface area contributed by atoms with Crippen LogP contribution in [0.2, 0.25) is 0 Å². The summed E-state index contributed by atoms with van der Waals surface area (Å²) in [5.74, 6) is -3.20. The van der Waals surface area contributed by atoms with Gasteiger partial charge in [-0.25, -0.2) is 9.59 Å². The Hall–Kier alpha value is -1.52. The van der Waals surface area contributed by atoms with Gasteiger partial charge in [-0.05, 0) is 6.42 Å². The minimum Gasteiger partial charge on any atom is -0.511 e. The van der Waals surface area contributed by atoms with Crippen LogP contribution in [0.3, 0.4) is 0 Å². The standard InChI is InChI=1S/C10H14O5/c1-4-5-6(11)7-8(12)14-10(2,3)15-9(7)13/h11H,4-5H2,1-3H3. The Balaban J connectivity index is 2.98. The molecule has 0 saturated carbocycles. The molecule has 0 bridgehead atoms. The second kappa shape index (κ2) is 3.92. The number of cyclic esters (lactones) is 2. The number of aliphatic hydroxyl groups is 1. The van der Waals surface area contributed by atoms with Crippen molar-refractivity contribution in [1.29, 1.82) is 0 Å². The van der Waals surface area contributed by atoms with Gasteiger partial charge in [0.2, 0.25) is 0 Å². The van der Waals surface area contributed by atoms with Gasteiger partial charge in [-0.15, -0.1) is 0 Å². The third kappa shape index (κ3) is 2.49. The van der Waals surface area contributed by atoms with Crippen LogP contribution in [0.4, 0.5) is 0 Å². The van der Waals surface area contributed by atoms with E-state index in [-0.39, 0.29) is 12.2 Å². The lowest BCUT2D eigenvalue weighted by molar-refractivity contribution is -0.222. The molecular weight excluding hydrogens is 200 g/mol. The topological polar surface area (TPSA) is 72.8 Å². The van der Waals surface area contributed by atoms with Crippen molar-refractivity contribution in [1.82, 2.24) is 0 Å². The lowest BCUT2D eigenvalue weighted by Gasteiger charge is -2.30. The zero-order valence-corrected chi connectivity index (χ0v) is 8.99. The van der Waals surface area contributed by atoms with Crippen molar-refractivity contribution in [3.63, 3.8) is 0 Å². The van der Waals surface area contributed by atoms with Gasteiger partial charge in [-0.2, -0.15) is 0 Å². The van der Waals surface area contributed by atoms with Crippen LogP contribution in [0.5, 0.6) is 0 Å². The Morgan fingerprint density at radius 3 is 2.13 bits per heavy atom. The summed E-state index contributed by atoms with van der Waals surface area (Å²) in [7, 11) is 0. The molecule has 1 aliphatic heterocycles. The van der Waals surface area contributed by atoms with Crippen molar-refractivity contribution in [3.8, 4) is 0 Å². The van der Waals surface area contributed by atoms with E-state index in [0.29, 0.717) is 6.42 Å². The predicted octanol–water partition coefficient (Wildman–Crippen LogP) is 1.43. The SMILES string of the molecule is CCCC(O)=C1C(=O)OC(C)(C)OC1=O. The van der Waals surface area contributed by atoms with Gasteiger partial charge in [0.1, 0.15) is 5.76 Å². The van der Waals surface area contributed by atoms with E-state index in [1.165, 1.54) is 13.8 Å². The fourth-order valence-electron chi connectivity index (χ4n) is 1.25. The van der Waals surface area contributed by atoms with E-state index < -0.39 is 23.3 Å². The largest absolute Gasteiger partial charge is 0.511 e. The molecule has 5 nitrogen and oxygen atoms in total. The van der Waals surface area contributed by atoms with Gasteiger partial charge in [-0.1, -0.05) is 6.92 Å². The summed E-state index contributed by atoms with van der Waals surface area (Å²) in [5, 5.41) is 9.46. The maximum absolute atomic E-state index is 11.4. The van der Waals surface area contributed by atoms with E-state index in [9.17, 15) is 14.7 Å². The van der Waals surface area contributed by atoms with Gasteiger partial charge >= 0.3 is 11.9 Å². The molecule has 1 heterocycles. The van der Waals surface area contributed by atoms with Crippen LogP contribution in [0.25, 0.3) is 0 Å². The summed E-state index contributed by atoms with van der Waals surface area (Å²) in [6.07, 6.45) is 0.874. The van der Waals surface area contributed by atoms with Crippen LogP contribution in [0.1, 0.15) is 33.6 Å². The third-order valence-electron chi connectivity index (χ3n) is 1.86. The average Bonchev–Trinajstić information content (AvgIpc) is 1.99. The molecule has 0 spiro atoms. The number of allylic oxidation sites excluding steroid dienone is 1. The maximum atomic E-state index is 11.4. The van der Waals surface area contributed by atoms with Crippen molar-refractivity contribution >= 4 is 11.9 Å². The molecule has 0 atom stereocenters. The highest BCUT2D eigenvalue weighted by Crippen LogP contribution is 2.25. The normalized spacial score (nSPS) is 19.5. The van der Waals surface area contributed by atoms with Crippen molar-refractivity contribution in [2.45, 2.75) is 39.4 Å². The van der Waals surface area contributed by atoms with E-state index in [1.807, 2.05) is 6.92 Å². The Morgan fingerprint density at radius 1 is 1.27 bits per heavy atom. The molecule has 0 aromatic heterocycles. The van der Waals surface area contributed by atoms with Crippen LogP contribution in [-0.2, 0) is 19.1 Å². The van der Waals surface area contributed by atoms with Gasteiger partial charge < -0.3 is 14.6 Å². The number of hydrogen-bond acceptors (Lipinski definition) is 5. The summed E-state index contributed by atoms with van der Waals surface area (Å²) >= 11 is 0. The summed E-state index contributed by atoms with van der Waals surface area (Å²) < 4.78 is 9.65. The van der Waals surface area contributed by atoms with Crippen molar-refractivity contribution in [2.24, 2.45) is 0 Å². The molecular formula is C10H14O5. The molecule has 0 aromatic rings. The number of ether oxygens (including phenoxy) is 2. The van der Waals surface area contributed by atoms with Crippen LogP contribution in [-0.4, -0.2) is 22.8 Å². The first kappa shape index (κ1) is 11.6. The number of carbonyl (C=O) groups is 2. The molecule has 1 N–H and O–H groups in total. The van der Waals surface area contributed by atoms with Crippen LogP contribution < -0.4 is 0 Å². The molecule has 15 heavy (non-hydrogen) atoms. The molecule has 84 valence electrons. The van der Waals surface area contributed by atoms with Gasteiger partial charge in [0.25, 0.3) is 5.79 Å². The zero-order chi connectivity index (χ0) is 11.6. The Labute approximate surface area is 87.7 Å². The fraction of sp³-hybridized carbons (Fsp3) is 0.600. The van der Waals surface area contributed by atoms with E-state index in [0.717, 1.165) is 0 Å². The van der Waals surface area contributed by atoms with E-state index >= 15 is 0 Å². The highest BCUT2D eigenvalue weighted by Gasteiger charge is 2.40. The highest BCUT2D eigenvalue weighted by molar-refractivity contribution is 6.15. The fourth-order valence-corrected chi connectivity index (χ4v) is 1.25. The number of aliphatic hydroxyl groups excluding tert-OH is 1. The first-order valence-corrected chi connectivity index (χ1v) is 4.76. The van der Waals surface area contributed by atoms with Gasteiger partial charge in [0, 0.05) is 20.3 Å².